The summed E-state index contributed by atoms with van der Waals surface area (Å²) in [7, 11) is 1.19. The summed E-state index contributed by atoms with van der Waals surface area (Å²) in [6.07, 6.45) is 0.375. The van der Waals surface area contributed by atoms with E-state index >= 15 is 0 Å². The largest absolute Gasteiger partial charge is 0.507 e. The smallest absolute Gasteiger partial charge is 0.316 e. The maximum atomic E-state index is 13.0. The van der Waals surface area contributed by atoms with Crippen LogP contribution in [-0.2, 0) is 16.0 Å². The number of ketones is 2. The summed E-state index contributed by atoms with van der Waals surface area (Å²) in [5, 5.41) is 31.6. The van der Waals surface area contributed by atoms with Gasteiger partial charge in [-0.05, 0) is 43.0 Å². The molecule has 0 unspecified atom stereocenters. The molecule has 7 nitrogen and oxygen atoms in total. The molecular formula is C21H18O7. The predicted octanol–water partition coefficient (Wildman–Crippen LogP) is 1.83. The van der Waals surface area contributed by atoms with Gasteiger partial charge in [0.05, 0.1) is 23.8 Å². The maximum Gasteiger partial charge on any atom is 0.316 e. The zero-order valence-corrected chi connectivity index (χ0v) is 15.3. The van der Waals surface area contributed by atoms with Crippen LogP contribution in [0.3, 0.4) is 0 Å². The fraction of sp³-hybridized carbons (Fsp3) is 0.286. The van der Waals surface area contributed by atoms with E-state index in [-0.39, 0.29) is 46.4 Å². The van der Waals surface area contributed by atoms with Gasteiger partial charge in [-0.2, -0.15) is 0 Å². The Morgan fingerprint density at radius 2 is 1.86 bits per heavy atom. The number of phenolic OH excluding ortho intramolecular Hbond substituents is 2. The van der Waals surface area contributed by atoms with E-state index in [1.807, 2.05) is 0 Å². The molecule has 0 heterocycles. The topological polar surface area (TPSA) is 121 Å². The Hall–Kier alpha value is -3.19. The zero-order chi connectivity index (χ0) is 20.4. The summed E-state index contributed by atoms with van der Waals surface area (Å²) in [6, 6.07) is 5.55. The monoisotopic (exact) mass is 382 g/mol. The Morgan fingerprint density at radius 3 is 2.54 bits per heavy atom. The van der Waals surface area contributed by atoms with Gasteiger partial charge in [-0.25, -0.2) is 0 Å². The van der Waals surface area contributed by atoms with Crippen LogP contribution in [0.5, 0.6) is 11.5 Å². The molecule has 144 valence electrons. The van der Waals surface area contributed by atoms with E-state index in [4.69, 9.17) is 4.74 Å². The highest BCUT2D eigenvalue weighted by Crippen LogP contribution is 2.47. The first-order valence-electron chi connectivity index (χ1n) is 8.79. The Kier molecular flexibility index (Phi) is 3.83. The van der Waals surface area contributed by atoms with Gasteiger partial charge in [0.15, 0.2) is 5.78 Å². The van der Waals surface area contributed by atoms with Gasteiger partial charge in [0.25, 0.3) is 0 Å². The molecule has 7 heteroatoms. The fourth-order valence-electron chi connectivity index (χ4n) is 4.25. The van der Waals surface area contributed by atoms with E-state index in [2.05, 4.69) is 0 Å². The molecule has 0 aromatic heterocycles. The van der Waals surface area contributed by atoms with Gasteiger partial charge in [0, 0.05) is 11.1 Å². The highest BCUT2D eigenvalue weighted by molar-refractivity contribution is 6.30. The lowest BCUT2D eigenvalue weighted by Crippen LogP contribution is -2.42. The Morgan fingerprint density at radius 1 is 1.14 bits per heavy atom. The molecule has 2 aromatic rings. The minimum Gasteiger partial charge on any atom is -0.507 e. The van der Waals surface area contributed by atoms with Crippen LogP contribution in [0.2, 0.25) is 0 Å². The summed E-state index contributed by atoms with van der Waals surface area (Å²) in [5.74, 6) is -3.75. The number of hydrogen-bond acceptors (Lipinski definition) is 7. The number of ether oxygens (including phenoxy) is 1. The van der Waals surface area contributed by atoms with Crippen molar-refractivity contribution in [2.75, 3.05) is 7.11 Å². The van der Waals surface area contributed by atoms with E-state index in [1.54, 1.807) is 0 Å². The molecular weight excluding hydrogens is 364 g/mol. The van der Waals surface area contributed by atoms with Crippen LogP contribution in [0.25, 0.3) is 0 Å². The molecule has 0 saturated carbocycles. The zero-order valence-electron chi connectivity index (χ0n) is 15.3. The average molecular weight is 382 g/mol. The molecule has 28 heavy (non-hydrogen) atoms. The molecule has 0 radical (unpaired) electrons. The van der Waals surface area contributed by atoms with Crippen molar-refractivity contribution in [1.29, 1.82) is 0 Å². The van der Waals surface area contributed by atoms with Gasteiger partial charge in [0.2, 0.25) is 5.78 Å². The fourth-order valence-corrected chi connectivity index (χ4v) is 4.25. The van der Waals surface area contributed by atoms with E-state index in [0.717, 1.165) is 0 Å². The van der Waals surface area contributed by atoms with Crippen molar-refractivity contribution in [1.82, 2.24) is 0 Å². The van der Waals surface area contributed by atoms with Crippen LogP contribution < -0.4 is 0 Å². The molecule has 0 spiro atoms. The minimum absolute atomic E-state index is 0.0223. The number of fused-ring (bicyclic) bond motifs is 3. The average Bonchev–Trinajstić information content (AvgIpc) is 2.64. The molecule has 2 aliphatic carbocycles. The molecule has 0 bridgehead atoms. The first-order chi connectivity index (χ1) is 13.2. The molecule has 0 fully saturated rings. The molecule has 4 rings (SSSR count). The van der Waals surface area contributed by atoms with Gasteiger partial charge in [0.1, 0.15) is 17.4 Å². The van der Waals surface area contributed by atoms with E-state index in [9.17, 15) is 29.7 Å². The van der Waals surface area contributed by atoms with Gasteiger partial charge in [-0.15, -0.1) is 0 Å². The lowest BCUT2D eigenvalue weighted by molar-refractivity contribution is -0.149. The minimum atomic E-state index is -1.43. The quantitative estimate of drug-likeness (QED) is 0.549. The number of methoxy groups -OCH3 is 1. The SMILES string of the molecule is COC(=O)[C@H]1c2cc3c(c(O)c2CC[C@@]1(C)O)C(=O)c1c(O)cccc1C3=O. The molecule has 2 aromatic carbocycles. The Bertz CT molecular complexity index is 1060. The number of hydrogen-bond donors (Lipinski definition) is 3. The summed E-state index contributed by atoms with van der Waals surface area (Å²) in [5.41, 5.74) is -1.23. The van der Waals surface area contributed by atoms with Crippen LogP contribution in [0, 0.1) is 0 Å². The van der Waals surface area contributed by atoms with Crippen molar-refractivity contribution in [3.63, 3.8) is 0 Å². The highest BCUT2D eigenvalue weighted by atomic mass is 16.5. The first kappa shape index (κ1) is 18.2. The van der Waals surface area contributed by atoms with Crippen molar-refractivity contribution >= 4 is 17.5 Å². The van der Waals surface area contributed by atoms with Gasteiger partial charge >= 0.3 is 5.97 Å². The number of carbonyl (C=O) groups excluding carboxylic acids is 3. The van der Waals surface area contributed by atoms with Crippen molar-refractivity contribution in [3.05, 3.63) is 57.6 Å². The number of esters is 1. The Balaban J connectivity index is 2.01. The standard InChI is InChI=1S/C21H18O7/c1-21(27)7-6-9-11(16(21)20(26)28-2)8-12-15(18(9)24)19(25)14-10(17(12)23)4-3-5-13(14)22/h3-5,8,16,22,24,27H,6-7H2,1-2H3/t16-,21-/m1/s1. The molecule has 0 saturated heterocycles. The highest BCUT2D eigenvalue weighted by Gasteiger charge is 2.46. The van der Waals surface area contributed by atoms with Crippen molar-refractivity contribution in [2.24, 2.45) is 0 Å². The summed E-state index contributed by atoms with van der Waals surface area (Å²) >= 11 is 0. The number of aromatic hydroxyl groups is 2. The number of aliphatic hydroxyl groups is 1. The number of phenols is 2. The van der Waals surface area contributed by atoms with Crippen LogP contribution >= 0.6 is 0 Å². The molecule has 2 aliphatic rings. The van der Waals surface area contributed by atoms with E-state index in [1.165, 1.54) is 38.3 Å². The molecule has 2 atom stereocenters. The summed E-state index contributed by atoms with van der Waals surface area (Å²) in [6.45, 7) is 1.49. The second kappa shape index (κ2) is 5.90. The maximum absolute atomic E-state index is 13.0. The second-order valence-electron chi connectivity index (χ2n) is 7.39. The summed E-state index contributed by atoms with van der Waals surface area (Å²) < 4.78 is 4.82. The lowest BCUT2D eigenvalue weighted by Gasteiger charge is -2.38. The van der Waals surface area contributed by atoms with E-state index < -0.39 is 34.8 Å². The normalized spacial score (nSPS) is 22.9. The van der Waals surface area contributed by atoms with Gasteiger partial charge < -0.3 is 20.1 Å². The number of carbonyl (C=O) groups is 3. The molecule has 0 amide bonds. The second-order valence-corrected chi connectivity index (χ2v) is 7.39. The number of benzene rings is 2. The van der Waals surface area contributed by atoms with Crippen LogP contribution in [-0.4, -0.2) is 45.6 Å². The Labute approximate surface area is 160 Å². The van der Waals surface area contributed by atoms with Crippen LogP contribution in [0.4, 0.5) is 0 Å². The first-order valence-corrected chi connectivity index (χ1v) is 8.79. The van der Waals surface area contributed by atoms with Gasteiger partial charge in [-0.1, -0.05) is 12.1 Å². The van der Waals surface area contributed by atoms with Crippen molar-refractivity contribution < 1.29 is 34.4 Å². The van der Waals surface area contributed by atoms with Crippen LogP contribution in [0.1, 0.15) is 62.2 Å². The number of rotatable bonds is 1. The van der Waals surface area contributed by atoms with Gasteiger partial charge in [-0.3, -0.25) is 14.4 Å². The van der Waals surface area contributed by atoms with E-state index in [0.29, 0.717) is 5.56 Å². The lowest BCUT2D eigenvalue weighted by atomic mass is 9.69. The van der Waals surface area contributed by atoms with Crippen molar-refractivity contribution in [3.8, 4) is 11.5 Å². The third kappa shape index (κ3) is 2.29. The molecule has 3 N–H and O–H groups in total. The third-order valence-corrected chi connectivity index (χ3v) is 5.68. The summed E-state index contributed by atoms with van der Waals surface area (Å²) in [4.78, 5) is 38.3. The van der Waals surface area contributed by atoms with Crippen LogP contribution in [0.15, 0.2) is 24.3 Å². The molecule has 0 aliphatic heterocycles. The van der Waals surface area contributed by atoms with Crippen molar-refractivity contribution in [2.45, 2.75) is 31.3 Å². The third-order valence-electron chi connectivity index (χ3n) is 5.68. The predicted molar refractivity (Wildman–Crippen MR) is 96.8 cm³/mol.